The van der Waals surface area contributed by atoms with Crippen LogP contribution < -0.4 is 0 Å². The minimum atomic E-state index is -3.58. The zero-order valence-corrected chi connectivity index (χ0v) is 17.4. The summed E-state index contributed by atoms with van der Waals surface area (Å²) in [6.07, 6.45) is 4.38. The molecule has 2 aromatic rings. The van der Waals surface area contributed by atoms with Crippen molar-refractivity contribution in [1.29, 1.82) is 0 Å². The highest BCUT2D eigenvalue weighted by Gasteiger charge is 2.27. The molecule has 3 rings (SSSR count). The number of aromatic nitrogens is 1. The molecule has 0 fully saturated rings. The van der Waals surface area contributed by atoms with E-state index in [-0.39, 0.29) is 10.8 Å². The fraction of sp³-hybridized carbons (Fsp3) is 0.381. The molecule has 0 saturated heterocycles. The highest BCUT2D eigenvalue weighted by atomic mass is 32.2. The summed E-state index contributed by atoms with van der Waals surface area (Å²) in [5.41, 5.74) is 2.81. The fourth-order valence-corrected chi connectivity index (χ4v) is 5.06. The van der Waals surface area contributed by atoms with Gasteiger partial charge >= 0.3 is 0 Å². The van der Waals surface area contributed by atoms with Crippen LogP contribution in [0.5, 0.6) is 0 Å². The largest absolute Gasteiger partial charge is 0.345 e. The molecule has 0 N–H and O–H groups in total. The Bertz CT molecular complexity index is 974. The third-order valence-electron chi connectivity index (χ3n) is 5.18. The van der Waals surface area contributed by atoms with E-state index in [2.05, 4.69) is 18.2 Å². The molecule has 0 radical (unpaired) electrons. The van der Waals surface area contributed by atoms with Crippen molar-refractivity contribution >= 4 is 21.5 Å². The molecule has 1 aromatic heterocycles. The normalized spacial score (nSPS) is 15.0. The first-order valence-electron chi connectivity index (χ1n) is 9.58. The second-order valence-electron chi connectivity index (χ2n) is 6.86. The Morgan fingerprint density at radius 2 is 1.82 bits per heavy atom. The standard InChI is InChI=1S/C21H27N3O3S/c1-4-24(5-2)28(26,27)19-15-20(22(3)16-19)21(25)23-13-11-18(12-14-23)17-9-7-6-8-10-17/h6-11,15-16H,4-5,12-14H2,1-3H3. The summed E-state index contributed by atoms with van der Waals surface area (Å²) in [5, 5.41) is 0. The lowest BCUT2D eigenvalue weighted by Gasteiger charge is -2.26. The predicted molar refractivity (Wildman–Crippen MR) is 110 cm³/mol. The van der Waals surface area contributed by atoms with Crippen molar-refractivity contribution < 1.29 is 13.2 Å². The molecule has 6 nitrogen and oxygen atoms in total. The Hall–Kier alpha value is -2.38. The first kappa shape index (κ1) is 20.4. The molecular formula is C21H27N3O3S. The predicted octanol–water partition coefficient (Wildman–Crippen LogP) is 2.99. The number of sulfonamides is 1. The third-order valence-corrected chi connectivity index (χ3v) is 7.20. The second kappa shape index (κ2) is 8.32. The van der Waals surface area contributed by atoms with Crippen LogP contribution in [0.3, 0.4) is 0 Å². The zero-order valence-electron chi connectivity index (χ0n) is 16.6. The first-order chi connectivity index (χ1) is 13.4. The second-order valence-corrected chi connectivity index (χ2v) is 8.80. The van der Waals surface area contributed by atoms with Gasteiger partial charge in [-0.05, 0) is 23.6 Å². The molecule has 7 heteroatoms. The highest BCUT2D eigenvalue weighted by Crippen LogP contribution is 2.24. The molecule has 1 aromatic carbocycles. The van der Waals surface area contributed by atoms with Gasteiger partial charge in [-0.3, -0.25) is 4.79 Å². The lowest BCUT2D eigenvalue weighted by Crippen LogP contribution is -2.35. The third kappa shape index (κ3) is 3.91. The van der Waals surface area contributed by atoms with Gasteiger partial charge in [0.25, 0.3) is 5.91 Å². The van der Waals surface area contributed by atoms with Crippen molar-refractivity contribution in [2.24, 2.45) is 7.05 Å². The quantitative estimate of drug-likeness (QED) is 0.748. The molecule has 1 amide bonds. The fourth-order valence-electron chi connectivity index (χ4n) is 3.53. The van der Waals surface area contributed by atoms with Gasteiger partial charge in [-0.2, -0.15) is 4.31 Å². The van der Waals surface area contributed by atoms with Crippen LogP contribution in [-0.2, 0) is 17.1 Å². The van der Waals surface area contributed by atoms with E-state index in [1.165, 1.54) is 27.7 Å². The summed E-state index contributed by atoms with van der Waals surface area (Å²) in [6, 6.07) is 11.6. The number of hydrogen-bond acceptors (Lipinski definition) is 3. The Morgan fingerprint density at radius 1 is 1.14 bits per heavy atom. The molecule has 0 unspecified atom stereocenters. The molecule has 0 aliphatic carbocycles. The number of nitrogens with zero attached hydrogens (tertiary/aromatic N) is 3. The number of hydrogen-bond donors (Lipinski definition) is 0. The van der Waals surface area contributed by atoms with E-state index in [1.807, 2.05) is 18.2 Å². The topological polar surface area (TPSA) is 62.6 Å². The Labute approximate surface area is 167 Å². The smallest absolute Gasteiger partial charge is 0.270 e. The average molecular weight is 402 g/mol. The van der Waals surface area contributed by atoms with Crippen molar-refractivity contribution in [1.82, 2.24) is 13.8 Å². The minimum absolute atomic E-state index is 0.146. The van der Waals surface area contributed by atoms with Crippen LogP contribution in [0.25, 0.3) is 5.57 Å². The molecule has 1 aliphatic rings. The van der Waals surface area contributed by atoms with E-state index in [4.69, 9.17) is 0 Å². The van der Waals surface area contributed by atoms with Gasteiger partial charge in [0.15, 0.2) is 0 Å². The van der Waals surface area contributed by atoms with Crippen molar-refractivity contribution in [2.75, 3.05) is 26.2 Å². The number of amides is 1. The maximum absolute atomic E-state index is 13.0. The summed E-state index contributed by atoms with van der Waals surface area (Å²) in [4.78, 5) is 14.9. The van der Waals surface area contributed by atoms with E-state index in [1.54, 1.807) is 30.4 Å². The van der Waals surface area contributed by atoms with Crippen LogP contribution in [0, 0.1) is 0 Å². The molecular weight excluding hydrogens is 374 g/mol. The Morgan fingerprint density at radius 3 is 2.39 bits per heavy atom. The van der Waals surface area contributed by atoms with Crippen molar-refractivity contribution in [2.45, 2.75) is 25.2 Å². The number of carbonyl (C=O) groups is 1. The van der Waals surface area contributed by atoms with Gasteiger partial charge in [-0.15, -0.1) is 0 Å². The van der Waals surface area contributed by atoms with Gasteiger partial charge in [0.2, 0.25) is 10.0 Å². The number of rotatable bonds is 6. The Balaban J connectivity index is 1.79. The minimum Gasteiger partial charge on any atom is -0.345 e. The van der Waals surface area contributed by atoms with Gasteiger partial charge in [-0.25, -0.2) is 8.42 Å². The zero-order chi connectivity index (χ0) is 20.3. The molecule has 28 heavy (non-hydrogen) atoms. The van der Waals surface area contributed by atoms with Gasteiger partial charge in [0, 0.05) is 39.4 Å². The Kier molecular flexibility index (Phi) is 6.05. The van der Waals surface area contributed by atoms with Crippen LogP contribution >= 0.6 is 0 Å². The molecule has 1 aliphatic heterocycles. The van der Waals surface area contributed by atoms with Crippen molar-refractivity contribution in [3.8, 4) is 0 Å². The van der Waals surface area contributed by atoms with Gasteiger partial charge in [0.05, 0.1) is 0 Å². The number of aryl methyl sites for hydroxylation is 1. The highest BCUT2D eigenvalue weighted by molar-refractivity contribution is 7.89. The summed E-state index contributed by atoms with van der Waals surface area (Å²) in [7, 11) is -1.87. The summed E-state index contributed by atoms with van der Waals surface area (Å²) < 4.78 is 28.5. The molecule has 0 saturated carbocycles. The lowest BCUT2D eigenvalue weighted by molar-refractivity contribution is 0.0763. The van der Waals surface area contributed by atoms with E-state index in [9.17, 15) is 13.2 Å². The van der Waals surface area contributed by atoms with Gasteiger partial charge in [0.1, 0.15) is 10.6 Å². The molecule has 2 heterocycles. The maximum atomic E-state index is 13.0. The van der Waals surface area contributed by atoms with E-state index in [0.29, 0.717) is 31.9 Å². The van der Waals surface area contributed by atoms with Crippen molar-refractivity contribution in [3.63, 3.8) is 0 Å². The number of carbonyl (C=O) groups excluding carboxylic acids is 1. The lowest BCUT2D eigenvalue weighted by atomic mass is 9.99. The summed E-state index contributed by atoms with van der Waals surface area (Å²) in [6.45, 7) is 5.54. The number of benzene rings is 1. The maximum Gasteiger partial charge on any atom is 0.270 e. The van der Waals surface area contributed by atoms with E-state index >= 15 is 0 Å². The van der Waals surface area contributed by atoms with Crippen LogP contribution in [-0.4, -0.2) is 54.3 Å². The first-order valence-corrected chi connectivity index (χ1v) is 11.0. The van der Waals surface area contributed by atoms with E-state index < -0.39 is 10.0 Å². The van der Waals surface area contributed by atoms with E-state index in [0.717, 1.165) is 6.42 Å². The summed E-state index contributed by atoms with van der Waals surface area (Å²) in [5.74, 6) is -0.146. The SMILES string of the molecule is CCN(CC)S(=O)(=O)c1cc(C(=O)N2CC=C(c3ccccc3)CC2)n(C)c1. The van der Waals surface area contributed by atoms with Crippen LogP contribution in [0.1, 0.15) is 36.3 Å². The molecule has 0 bridgehead atoms. The molecule has 0 spiro atoms. The summed E-state index contributed by atoms with van der Waals surface area (Å²) >= 11 is 0. The van der Waals surface area contributed by atoms with Crippen molar-refractivity contribution in [3.05, 3.63) is 59.9 Å². The van der Waals surface area contributed by atoms with Crippen LogP contribution in [0.15, 0.2) is 53.6 Å². The monoisotopic (exact) mass is 401 g/mol. The molecule has 0 atom stereocenters. The van der Waals surface area contributed by atoms with Gasteiger partial charge < -0.3 is 9.47 Å². The average Bonchev–Trinajstić information content (AvgIpc) is 3.11. The van der Waals surface area contributed by atoms with Gasteiger partial charge in [-0.1, -0.05) is 50.3 Å². The molecule has 150 valence electrons. The van der Waals surface area contributed by atoms with Crippen LogP contribution in [0.4, 0.5) is 0 Å². The van der Waals surface area contributed by atoms with Crippen LogP contribution in [0.2, 0.25) is 0 Å².